The van der Waals surface area contributed by atoms with E-state index in [9.17, 15) is 22.8 Å². The van der Waals surface area contributed by atoms with Gasteiger partial charge < -0.3 is 15.4 Å². The molecule has 0 radical (unpaired) electrons. The Balaban J connectivity index is 1.57. The molecule has 0 atom stereocenters. The highest BCUT2D eigenvalue weighted by molar-refractivity contribution is 5.90. The van der Waals surface area contributed by atoms with Crippen LogP contribution in [0.3, 0.4) is 0 Å². The minimum absolute atomic E-state index is 0.226. The number of fused-ring (bicyclic) bond motifs is 1. The zero-order valence-electron chi connectivity index (χ0n) is 18.5. The summed E-state index contributed by atoms with van der Waals surface area (Å²) in [6.07, 6.45) is -1.05. The molecule has 35 heavy (non-hydrogen) atoms. The maximum atomic E-state index is 12.3. The van der Waals surface area contributed by atoms with Crippen molar-refractivity contribution in [3.8, 4) is 22.5 Å². The third-order valence-corrected chi connectivity index (χ3v) is 5.05. The number of benzene rings is 1. The van der Waals surface area contributed by atoms with E-state index in [2.05, 4.69) is 15.4 Å². The van der Waals surface area contributed by atoms with Gasteiger partial charge in [-0.3, -0.25) is 9.20 Å². The maximum absolute atomic E-state index is 12.3. The number of nitrogens with one attached hydrogen (secondary N) is 2. The lowest BCUT2D eigenvalue weighted by molar-refractivity contribution is -0.122. The lowest BCUT2D eigenvalue weighted by Crippen LogP contribution is -2.36. The van der Waals surface area contributed by atoms with E-state index in [0.717, 1.165) is 5.56 Å². The molecule has 0 saturated carbocycles. The van der Waals surface area contributed by atoms with Crippen molar-refractivity contribution in [3.63, 3.8) is 0 Å². The zero-order chi connectivity index (χ0) is 25.0. The molecule has 0 fully saturated rings. The molecule has 4 rings (SSSR count). The first-order valence-corrected chi connectivity index (χ1v) is 10.5. The number of pyridine rings is 1. The largest absolute Gasteiger partial charge is 0.405 e. The van der Waals surface area contributed by atoms with Gasteiger partial charge in [0.25, 0.3) is 5.56 Å². The minimum Gasteiger partial charge on any atom is -0.383 e. The van der Waals surface area contributed by atoms with Gasteiger partial charge in [-0.15, -0.1) is 0 Å². The number of carbonyl (C=O) groups excluding carboxylic acids is 1. The van der Waals surface area contributed by atoms with Crippen LogP contribution in [-0.2, 0) is 11.3 Å². The summed E-state index contributed by atoms with van der Waals surface area (Å²) in [6, 6.07) is 12.5. The van der Waals surface area contributed by atoms with Gasteiger partial charge in [-0.1, -0.05) is 12.1 Å². The van der Waals surface area contributed by atoms with Crippen molar-refractivity contribution in [2.75, 3.05) is 25.6 Å². The maximum Gasteiger partial charge on any atom is 0.405 e. The van der Waals surface area contributed by atoms with Gasteiger partial charge >= 0.3 is 12.2 Å². The number of alkyl halides is 3. The van der Waals surface area contributed by atoms with Gasteiger partial charge in [-0.2, -0.15) is 18.3 Å². The number of hydrogen-bond donors (Lipinski definition) is 2. The lowest BCUT2D eigenvalue weighted by atomic mass is 10.1. The summed E-state index contributed by atoms with van der Waals surface area (Å²) >= 11 is 0. The molecule has 0 saturated heterocycles. The number of ether oxygens (including phenoxy) is 1. The summed E-state index contributed by atoms with van der Waals surface area (Å²) in [5.74, 6) is 0. The predicted molar refractivity (Wildman–Crippen MR) is 123 cm³/mol. The summed E-state index contributed by atoms with van der Waals surface area (Å²) in [5, 5.41) is 8.56. The Labute approximate surface area is 197 Å². The first-order chi connectivity index (χ1) is 16.7. The molecule has 0 aliphatic heterocycles. The topological polar surface area (TPSA) is 103 Å². The van der Waals surface area contributed by atoms with Gasteiger partial charge in [0.1, 0.15) is 12.2 Å². The zero-order valence-corrected chi connectivity index (χ0v) is 18.5. The standard InChI is InChI=1S/C23H21F3N6O3/c1-35-10-9-32-21(33)6-5-18(30-32)15-7-8-31-19(13-27-20(31)12-15)16-3-2-4-17(11-16)29-22(34)28-14-23(24,25)26/h2-8,11-13H,9-10,14H2,1H3,(H2,28,29,34). The average Bonchev–Trinajstić information content (AvgIpc) is 3.25. The second-order valence-electron chi connectivity index (χ2n) is 7.56. The van der Waals surface area contributed by atoms with Gasteiger partial charge in [-0.05, 0) is 30.3 Å². The minimum atomic E-state index is -4.49. The Morgan fingerprint density at radius 2 is 1.94 bits per heavy atom. The van der Waals surface area contributed by atoms with Crippen LogP contribution in [0.15, 0.2) is 65.7 Å². The Bertz CT molecular complexity index is 1410. The van der Waals surface area contributed by atoms with Crippen LogP contribution < -0.4 is 16.2 Å². The molecule has 0 spiro atoms. The van der Waals surface area contributed by atoms with Crippen molar-refractivity contribution in [2.24, 2.45) is 0 Å². The summed E-state index contributed by atoms with van der Waals surface area (Å²) < 4.78 is 45.1. The second kappa shape index (κ2) is 9.97. The van der Waals surface area contributed by atoms with E-state index < -0.39 is 18.8 Å². The smallest absolute Gasteiger partial charge is 0.383 e. The molecule has 2 amide bonds. The molecule has 3 heterocycles. The summed E-state index contributed by atoms with van der Waals surface area (Å²) in [4.78, 5) is 28.2. The molecule has 0 bridgehead atoms. The third-order valence-electron chi connectivity index (χ3n) is 5.05. The van der Waals surface area contributed by atoms with E-state index in [1.165, 1.54) is 10.7 Å². The van der Waals surface area contributed by atoms with Crippen LogP contribution in [0, 0.1) is 0 Å². The Morgan fingerprint density at radius 1 is 1.11 bits per heavy atom. The number of imidazole rings is 1. The van der Waals surface area contributed by atoms with Crippen molar-refractivity contribution in [2.45, 2.75) is 12.7 Å². The number of methoxy groups -OCH3 is 1. The molecule has 4 aromatic rings. The molecule has 0 unspecified atom stereocenters. The summed E-state index contributed by atoms with van der Waals surface area (Å²) in [6.45, 7) is -0.735. The van der Waals surface area contributed by atoms with Crippen LogP contribution in [-0.4, -0.2) is 51.6 Å². The number of aromatic nitrogens is 4. The summed E-state index contributed by atoms with van der Waals surface area (Å²) in [7, 11) is 1.55. The average molecular weight is 486 g/mol. The number of hydrogen-bond acceptors (Lipinski definition) is 5. The van der Waals surface area contributed by atoms with Crippen molar-refractivity contribution in [3.05, 3.63) is 71.3 Å². The fraction of sp³-hybridized carbons (Fsp3) is 0.217. The number of halogens is 3. The van der Waals surface area contributed by atoms with Crippen LogP contribution in [0.4, 0.5) is 23.7 Å². The number of nitrogens with zero attached hydrogens (tertiary/aromatic N) is 4. The van der Waals surface area contributed by atoms with Crippen molar-refractivity contribution in [1.82, 2.24) is 24.5 Å². The molecule has 0 aliphatic carbocycles. The van der Waals surface area contributed by atoms with Crippen LogP contribution in [0.25, 0.3) is 28.2 Å². The van der Waals surface area contributed by atoms with Gasteiger partial charge in [0, 0.05) is 36.2 Å². The fourth-order valence-electron chi connectivity index (χ4n) is 3.41. The molecular formula is C23H21F3N6O3. The van der Waals surface area contributed by atoms with Crippen LogP contribution in [0.5, 0.6) is 0 Å². The first-order valence-electron chi connectivity index (χ1n) is 10.5. The number of urea groups is 1. The number of carbonyl (C=O) groups is 1. The molecule has 3 aromatic heterocycles. The lowest BCUT2D eigenvalue weighted by Gasteiger charge is -2.11. The van der Waals surface area contributed by atoms with E-state index in [1.54, 1.807) is 55.2 Å². The number of rotatable bonds is 7. The highest BCUT2D eigenvalue weighted by Crippen LogP contribution is 2.26. The molecule has 12 heteroatoms. The van der Waals surface area contributed by atoms with Gasteiger partial charge in [0.2, 0.25) is 0 Å². The van der Waals surface area contributed by atoms with E-state index in [-0.39, 0.29) is 5.56 Å². The molecule has 2 N–H and O–H groups in total. The Hall–Kier alpha value is -4.19. The third kappa shape index (κ3) is 5.84. The van der Waals surface area contributed by atoms with Crippen LogP contribution in [0.2, 0.25) is 0 Å². The van der Waals surface area contributed by atoms with Gasteiger partial charge in [0.15, 0.2) is 0 Å². The van der Waals surface area contributed by atoms with Crippen molar-refractivity contribution < 1.29 is 22.7 Å². The highest BCUT2D eigenvalue weighted by atomic mass is 19.4. The molecule has 182 valence electrons. The van der Waals surface area contributed by atoms with Gasteiger partial charge in [-0.25, -0.2) is 14.5 Å². The molecule has 0 aliphatic rings. The van der Waals surface area contributed by atoms with Crippen LogP contribution >= 0.6 is 0 Å². The van der Waals surface area contributed by atoms with E-state index >= 15 is 0 Å². The molecule has 9 nitrogen and oxygen atoms in total. The van der Waals surface area contributed by atoms with Crippen molar-refractivity contribution in [1.29, 1.82) is 0 Å². The quantitative estimate of drug-likeness (QED) is 0.416. The van der Waals surface area contributed by atoms with E-state index in [0.29, 0.717) is 41.4 Å². The highest BCUT2D eigenvalue weighted by Gasteiger charge is 2.27. The monoisotopic (exact) mass is 486 g/mol. The Morgan fingerprint density at radius 3 is 2.71 bits per heavy atom. The number of anilines is 1. The first kappa shape index (κ1) is 24.0. The SMILES string of the molecule is COCCn1nc(-c2ccn3c(-c4cccc(NC(=O)NCC(F)(F)F)c4)cnc3c2)ccc1=O. The fourth-order valence-corrected chi connectivity index (χ4v) is 3.41. The van der Waals surface area contributed by atoms with E-state index in [4.69, 9.17) is 4.74 Å². The summed E-state index contributed by atoms with van der Waals surface area (Å²) in [5.41, 5.74) is 3.50. The Kier molecular flexibility index (Phi) is 6.82. The number of amides is 2. The van der Waals surface area contributed by atoms with E-state index in [1.807, 2.05) is 16.5 Å². The normalized spacial score (nSPS) is 11.5. The second-order valence-corrected chi connectivity index (χ2v) is 7.56. The van der Waals surface area contributed by atoms with Gasteiger partial charge in [0.05, 0.1) is 30.7 Å². The van der Waals surface area contributed by atoms with Crippen molar-refractivity contribution >= 4 is 17.4 Å². The molecular weight excluding hydrogens is 465 g/mol. The molecule has 1 aromatic carbocycles. The van der Waals surface area contributed by atoms with Crippen LogP contribution in [0.1, 0.15) is 0 Å². The predicted octanol–water partition coefficient (Wildman–Crippen LogP) is 3.56.